The molecule has 0 fully saturated rings. The largest absolute Gasteiger partial charge is 0.454 e. The molecule has 2 N–H and O–H groups in total. The molecule has 0 spiro atoms. The molecule has 2 aromatic carbocycles. The predicted molar refractivity (Wildman–Crippen MR) is 60.8 cm³/mol. The summed E-state index contributed by atoms with van der Waals surface area (Å²) in [6, 6.07) is 10.2. The van der Waals surface area contributed by atoms with Gasteiger partial charge in [-0.3, -0.25) is 0 Å². The fourth-order valence-electron chi connectivity index (χ4n) is 1.45. The highest BCUT2D eigenvalue weighted by Crippen LogP contribution is 2.27. The van der Waals surface area contributed by atoms with Crippen LogP contribution in [0.5, 0.6) is 11.5 Å². The van der Waals surface area contributed by atoms with E-state index in [1.165, 1.54) is 6.07 Å². The van der Waals surface area contributed by atoms with E-state index >= 15 is 0 Å². The lowest BCUT2D eigenvalue weighted by Gasteiger charge is -2.10. The molecule has 0 aliphatic heterocycles. The van der Waals surface area contributed by atoms with Crippen molar-refractivity contribution in [3.05, 3.63) is 59.7 Å². The van der Waals surface area contributed by atoms with Crippen molar-refractivity contribution in [3.63, 3.8) is 0 Å². The average Bonchev–Trinajstić information content (AvgIpc) is 2.33. The minimum atomic E-state index is -0.739. The van der Waals surface area contributed by atoms with Crippen molar-refractivity contribution in [1.82, 2.24) is 0 Å². The Kier molecular flexibility index (Phi) is 3.35. The number of nitrogens with two attached hydrogens (primary N) is 1. The second-order valence-corrected chi connectivity index (χ2v) is 3.49. The quantitative estimate of drug-likeness (QED) is 0.886. The summed E-state index contributed by atoms with van der Waals surface area (Å²) in [5.41, 5.74) is 6.29. The SMILES string of the molecule is NCc1ccccc1Oc1ccc(F)cc1F. The molecule has 0 aromatic heterocycles. The van der Waals surface area contributed by atoms with Gasteiger partial charge in [0, 0.05) is 18.2 Å². The molecule has 0 heterocycles. The number of rotatable bonds is 3. The molecule has 2 nitrogen and oxygen atoms in total. The third kappa shape index (κ3) is 2.60. The van der Waals surface area contributed by atoms with Crippen molar-refractivity contribution in [2.45, 2.75) is 6.54 Å². The van der Waals surface area contributed by atoms with E-state index < -0.39 is 11.6 Å². The number of halogens is 2. The summed E-state index contributed by atoms with van der Waals surface area (Å²) in [7, 11) is 0. The molecule has 17 heavy (non-hydrogen) atoms. The molecule has 0 unspecified atom stereocenters. The van der Waals surface area contributed by atoms with Crippen LogP contribution in [-0.2, 0) is 6.54 Å². The van der Waals surface area contributed by atoms with Crippen LogP contribution >= 0.6 is 0 Å². The van der Waals surface area contributed by atoms with Crippen LogP contribution in [-0.4, -0.2) is 0 Å². The molecule has 0 amide bonds. The Morgan fingerprint density at radius 1 is 1.00 bits per heavy atom. The number of hydrogen-bond acceptors (Lipinski definition) is 2. The van der Waals surface area contributed by atoms with E-state index in [0.29, 0.717) is 12.3 Å². The summed E-state index contributed by atoms with van der Waals surface area (Å²) < 4.78 is 31.5. The number of benzene rings is 2. The Morgan fingerprint density at radius 3 is 2.47 bits per heavy atom. The van der Waals surface area contributed by atoms with E-state index in [1.54, 1.807) is 18.2 Å². The van der Waals surface area contributed by atoms with Crippen LogP contribution in [0.15, 0.2) is 42.5 Å². The van der Waals surface area contributed by atoms with Gasteiger partial charge in [-0.15, -0.1) is 0 Å². The minimum Gasteiger partial charge on any atom is -0.454 e. The van der Waals surface area contributed by atoms with Crippen molar-refractivity contribution in [2.24, 2.45) is 5.73 Å². The zero-order valence-electron chi connectivity index (χ0n) is 8.99. The highest BCUT2D eigenvalue weighted by molar-refractivity contribution is 5.38. The maximum atomic E-state index is 13.4. The second-order valence-electron chi connectivity index (χ2n) is 3.49. The lowest BCUT2D eigenvalue weighted by atomic mass is 10.2. The normalized spacial score (nSPS) is 10.3. The first kappa shape index (κ1) is 11.5. The molecule has 0 radical (unpaired) electrons. The smallest absolute Gasteiger partial charge is 0.168 e. The van der Waals surface area contributed by atoms with Crippen molar-refractivity contribution >= 4 is 0 Å². The van der Waals surface area contributed by atoms with Gasteiger partial charge in [0.15, 0.2) is 11.6 Å². The maximum absolute atomic E-state index is 13.4. The van der Waals surface area contributed by atoms with E-state index in [1.807, 2.05) is 6.07 Å². The van der Waals surface area contributed by atoms with Gasteiger partial charge in [0.1, 0.15) is 11.6 Å². The van der Waals surface area contributed by atoms with Crippen LogP contribution in [0, 0.1) is 11.6 Å². The van der Waals surface area contributed by atoms with Crippen LogP contribution in [0.1, 0.15) is 5.56 Å². The van der Waals surface area contributed by atoms with Crippen molar-refractivity contribution in [2.75, 3.05) is 0 Å². The van der Waals surface area contributed by atoms with Gasteiger partial charge in [0.25, 0.3) is 0 Å². The van der Waals surface area contributed by atoms with Crippen molar-refractivity contribution < 1.29 is 13.5 Å². The highest BCUT2D eigenvalue weighted by Gasteiger charge is 2.08. The van der Waals surface area contributed by atoms with Gasteiger partial charge < -0.3 is 10.5 Å². The first-order chi connectivity index (χ1) is 8.20. The van der Waals surface area contributed by atoms with Gasteiger partial charge in [-0.25, -0.2) is 8.78 Å². The molecule has 0 saturated heterocycles. The molecule has 0 saturated carbocycles. The van der Waals surface area contributed by atoms with Gasteiger partial charge in [-0.05, 0) is 18.2 Å². The first-order valence-corrected chi connectivity index (χ1v) is 5.11. The molecule has 0 aliphatic rings. The average molecular weight is 235 g/mol. The third-order valence-corrected chi connectivity index (χ3v) is 2.31. The van der Waals surface area contributed by atoms with Crippen molar-refractivity contribution in [1.29, 1.82) is 0 Å². The Balaban J connectivity index is 2.31. The summed E-state index contributed by atoms with van der Waals surface area (Å²) in [6.45, 7) is 0.291. The van der Waals surface area contributed by atoms with E-state index in [4.69, 9.17) is 10.5 Å². The third-order valence-electron chi connectivity index (χ3n) is 2.31. The molecule has 0 atom stereocenters. The summed E-state index contributed by atoms with van der Waals surface area (Å²) in [4.78, 5) is 0. The molecule has 88 valence electrons. The summed E-state index contributed by atoms with van der Waals surface area (Å²) in [6.07, 6.45) is 0. The standard InChI is InChI=1S/C13H11F2NO/c14-10-5-6-13(11(15)7-10)17-12-4-2-1-3-9(12)8-16/h1-7H,8,16H2. The number of hydrogen-bond donors (Lipinski definition) is 1. The highest BCUT2D eigenvalue weighted by atomic mass is 19.1. The lowest BCUT2D eigenvalue weighted by molar-refractivity contribution is 0.433. The fraction of sp³-hybridized carbons (Fsp3) is 0.0769. The molecular formula is C13H11F2NO. The lowest BCUT2D eigenvalue weighted by Crippen LogP contribution is -1.99. The number of para-hydroxylation sites is 1. The van der Waals surface area contributed by atoms with Gasteiger partial charge in [-0.1, -0.05) is 18.2 Å². The Hall–Kier alpha value is -1.94. The van der Waals surface area contributed by atoms with E-state index in [-0.39, 0.29) is 5.75 Å². The topological polar surface area (TPSA) is 35.2 Å². The maximum Gasteiger partial charge on any atom is 0.168 e. The molecule has 0 bridgehead atoms. The van der Waals surface area contributed by atoms with E-state index in [2.05, 4.69) is 0 Å². The molecule has 2 aromatic rings. The minimum absolute atomic E-state index is 0.0210. The Morgan fingerprint density at radius 2 is 1.76 bits per heavy atom. The zero-order valence-corrected chi connectivity index (χ0v) is 8.99. The van der Waals surface area contributed by atoms with Crippen LogP contribution in [0.3, 0.4) is 0 Å². The first-order valence-electron chi connectivity index (χ1n) is 5.11. The van der Waals surface area contributed by atoms with Crippen LogP contribution in [0.2, 0.25) is 0 Å². The van der Waals surface area contributed by atoms with Crippen LogP contribution in [0.4, 0.5) is 8.78 Å². The fourth-order valence-corrected chi connectivity index (χ4v) is 1.45. The van der Waals surface area contributed by atoms with Crippen molar-refractivity contribution in [3.8, 4) is 11.5 Å². The Bertz CT molecular complexity index is 529. The summed E-state index contributed by atoms with van der Waals surface area (Å²) in [5, 5.41) is 0. The van der Waals surface area contributed by atoms with Gasteiger partial charge in [0.05, 0.1) is 0 Å². The summed E-state index contributed by atoms with van der Waals surface area (Å²) >= 11 is 0. The molecule has 2 rings (SSSR count). The summed E-state index contributed by atoms with van der Waals surface area (Å²) in [5.74, 6) is -0.924. The van der Waals surface area contributed by atoms with Gasteiger partial charge in [0.2, 0.25) is 0 Å². The molecule has 0 aliphatic carbocycles. The predicted octanol–water partition coefficient (Wildman–Crippen LogP) is 3.22. The van der Waals surface area contributed by atoms with E-state index in [0.717, 1.165) is 17.7 Å². The van der Waals surface area contributed by atoms with Gasteiger partial charge >= 0.3 is 0 Å². The second kappa shape index (κ2) is 4.93. The molecule has 4 heteroatoms. The zero-order chi connectivity index (χ0) is 12.3. The van der Waals surface area contributed by atoms with E-state index in [9.17, 15) is 8.78 Å². The van der Waals surface area contributed by atoms with Crippen LogP contribution < -0.4 is 10.5 Å². The van der Waals surface area contributed by atoms with Crippen LogP contribution in [0.25, 0.3) is 0 Å². The molecular weight excluding hydrogens is 224 g/mol. The van der Waals surface area contributed by atoms with Gasteiger partial charge in [-0.2, -0.15) is 0 Å². The monoisotopic (exact) mass is 235 g/mol. The Labute approximate surface area is 97.6 Å². The number of ether oxygens (including phenoxy) is 1.